The Morgan fingerprint density at radius 2 is 2.05 bits per heavy atom. The van der Waals surface area contributed by atoms with Gasteiger partial charge >= 0.3 is 5.97 Å². The highest BCUT2D eigenvalue weighted by molar-refractivity contribution is 7.13. The number of benzene rings is 1. The van der Waals surface area contributed by atoms with Crippen molar-refractivity contribution in [3.8, 4) is 10.6 Å². The minimum absolute atomic E-state index is 0.0573. The molecule has 2 rings (SSSR count). The SMILES string of the molecule is CC(NC(=O)Cc1csc(-c2ccc(Cl)cc2)n1)C(=O)O. The summed E-state index contributed by atoms with van der Waals surface area (Å²) >= 11 is 7.25. The number of aliphatic carboxylic acids is 1. The van der Waals surface area contributed by atoms with Gasteiger partial charge in [-0.25, -0.2) is 4.98 Å². The lowest BCUT2D eigenvalue weighted by Gasteiger charge is -2.07. The summed E-state index contributed by atoms with van der Waals surface area (Å²) in [7, 11) is 0. The highest BCUT2D eigenvalue weighted by Crippen LogP contribution is 2.25. The number of carboxylic acids is 1. The normalized spacial score (nSPS) is 11.9. The number of carbonyl (C=O) groups is 2. The molecule has 2 aromatic rings. The van der Waals surface area contributed by atoms with Crippen molar-refractivity contribution in [2.45, 2.75) is 19.4 Å². The lowest BCUT2D eigenvalue weighted by molar-refractivity contribution is -0.141. The number of nitrogens with zero attached hydrogens (tertiary/aromatic N) is 1. The molecule has 7 heteroatoms. The summed E-state index contributed by atoms with van der Waals surface area (Å²) < 4.78 is 0. The maximum Gasteiger partial charge on any atom is 0.325 e. The molecular weight excluding hydrogens is 312 g/mol. The van der Waals surface area contributed by atoms with Crippen molar-refractivity contribution >= 4 is 34.8 Å². The number of nitrogens with one attached hydrogen (secondary N) is 1. The van der Waals surface area contributed by atoms with Crippen molar-refractivity contribution in [3.05, 3.63) is 40.4 Å². The summed E-state index contributed by atoms with van der Waals surface area (Å²) in [6, 6.07) is 6.36. The minimum atomic E-state index is -1.07. The molecule has 1 unspecified atom stereocenters. The quantitative estimate of drug-likeness (QED) is 0.886. The van der Waals surface area contributed by atoms with E-state index < -0.39 is 12.0 Å². The van der Waals surface area contributed by atoms with E-state index in [-0.39, 0.29) is 12.3 Å². The second kappa shape index (κ2) is 6.69. The van der Waals surface area contributed by atoms with Crippen LogP contribution in [0.25, 0.3) is 10.6 Å². The van der Waals surface area contributed by atoms with Crippen molar-refractivity contribution in [1.29, 1.82) is 0 Å². The fourth-order valence-corrected chi connectivity index (χ4v) is 2.58. The van der Waals surface area contributed by atoms with Gasteiger partial charge in [-0.05, 0) is 19.1 Å². The molecule has 110 valence electrons. The van der Waals surface area contributed by atoms with Crippen LogP contribution in [0.3, 0.4) is 0 Å². The van der Waals surface area contributed by atoms with Crippen molar-refractivity contribution < 1.29 is 14.7 Å². The molecule has 0 aliphatic rings. The monoisotopic (exact) mass is 324 g/mol. The molecule has 2 N–H and O–H groups in total. The maximum atomic E-state index is 11.7. The summed E-state index contributed by atoms with van der Waals surface area (Å²) in [6.45, 7) is 1.42. The van der Waals surface area contributed by atoms with Crippen LogP contribution in [0.4, 0.5) is 0 Å². The third-order valence-corrected chi connectivity index (χ3v) is 3.92. The van der Waals surface area contributed by atoms with Crippen molar-refractivity contribution in [2.75, 3.05) is 0 Å². The van der Waals surface area contributed by atoms with Crippen LogP contribution in [0.2, 0.25) is 5.02 Å². The maximum absolute atomic E-state index is 11.7. The molecule has 1 amide bonds. The molecular formula is C14H13ClN2O3S. The molecule has 21 heavy (non-hydrogen) atoms. The number of rotatable bonds is 5. The molecule has 0 aliphatic heterocycles. The van der Waals surface area contributed by atoms with Crippen LogP contribution in [0.1, 0.15) is 12.6 Å². The number of carbonyl (C=O) groups excluding carboxylic acids is 1. The fraction of sp³-hybridized carbons (Fsp3) is 0.214. The summed E-state index contributed by atoms with van der Waals surface area (Å²) in [5, 5.41) is 14.4. The zero-order valence-corrected chi connectivity index (χ0v) is 12.7. The Hall–Kier alpha value is -1.92. The molecule has 0 fully saturated rings. The molecule has 1 atom stereocenters. The number of thiazole rings is 1. The Balaban J connectivity index is 2.01. The molecule has 1 heterocycles. The third kappa shape index (κ3) is 4.27. The summed E-state index contributed by atoms with van der Waals surface area (Å²) in [5.41, 5.74) is 1.54. The van der Waals surface area contributed by atoms with E-state index in [4.69, 9.17) is 16.7 Å². The number of hydrogen-bond donors (Lipinski definition) is 2. The van der Waals surface area contributed by atoms with Gasteiger partial charge in [0.2, 0.25) is 5.91 Å². The number of amides is 1. The first-order chi connectivity index (χ1) is 9.95. The molecule has 0 radical (unpaired) electrons. The third-order valence-electron chi connectivity index (χ3n) is 2.73. The summed E-state index contributed by atoms with van der Waals surface area (Å²) in [5.74, 6) is -1.43. The number of halogens is 1. The highest BCUT2D eigenvalue weighted by Gasteiger charge is 2.15. The van der Waals surface area contributed by atoms with Crippen molar-refractivity contribution in [1.82, 2.24) is 10.3 Å². The van der Waals surface area contributed by atoms with E-state index >= 15 is 0 Å². The Labute approximate surface area is 130 Å². The predicted molar refractivity (Wildman–Crippen MR) is 81.5 cm³/mol. The average molecular weight is 325 g/mol. The van der Waals surface area contributed by atoms with Crippen LogP contribution in [0, 0.1) is 0 Å². The standard InChI is InChI=1S/C14H13ClN2O3S/c1-8(14(19)20)16-12(18)6-11-7-21-13(17-11)9-2-4-10(15)5-3-9/h2-5,7-8H,6H2,1H3,(H,16,18)(H,19,20). The zero-order valence-electron chi connectivity index (χ0n) is 11.2. The van der Waals surface area contributed by atoms with E-state index in [0.29, 0.717) is 10.7 Å². The Kier molecular flexibility index (Phi) is 4.93. The molecule has 0 bridgehead atoms. The van der Waals surface area contributed by atoms with Crippen LogP contribution in [-0.2, 0) is 16.0 Å². The van der Waals surface area contributed by atoms with Gasteiger partial charge in [-0.15, -0.1) is 11.3 Å². The van der Waals surface area contributed by atoms with Crippen molar-refractivity contribution in [3.63, 3.8) is 0 Å². The Morgan fingerprint density at radius 1 is 1.38 bits per heavy atom. The highest BCUT2D eigenvalue weighted by atomic mass is 35.5. The van der Waals surface area contributed by atoms with Crippen LogP contribution >= 0.6 is 22.9 Å². The van der Waals surface area contributed by atoms with Gasteiger partial charge in [0, 0.05) is 16.0 Å². The molecule has 1 aromatic heterocycles. The van der Waals surface area contributed by atoms with Gasteiger partial charge in [-0.1, -0.05) is 23.7 Å². The molecule has 0 saturated carbocycles. The smallest absolute Gasteiger partial charge is 0.325 e. The Bertz CT molecular complexity index is 654. The van der Waals surface area contributed by atoms with Crippen LogP contribution in [-0.4, -0.2) is 28.0 Å². The van der Waals surface area contributed by atoms with Crippen LogP contribution in [0.5, 0.6) is 0 Å². The zero-order chi connectivity index (χ0) is 15.4. The number of aromatic nitrogens is 1. The van der Waals surface area contributed by atoms with E-state index in [9.17, 15) is 9.59 Å². The second-order valence-corrected chi connectivity index (χ2v) is 5.75. The van der Waals surface area contributed by atoms with E-state index in [1.807, 2.05) is 12.1 Å². The number of hydrogen-bond acceptors (Lipinski definition) is 4. The van der Waals surface area contributed by atoms with E-state index in [2.05, 4.69) is 10.3 Å². The topological polar surface area (TPSA) is 79.3 Å². The molecule has 0 spiro atoms. The van der Waals surface area contributed by atoms with E-state index in [1.165, 1.54) is 18.3 Å². The molecule has 5 nitrogen and oxygen atoms in total. The largest absolute Gasteiger partial charge is 0.480 e. The first-order valence-corrected chi connectivity index (χ1v) is 7.44. The van der Waals surface area contributed by atoms with Gasteiger partial charge in [-0.2, -0.15) is 0 Å². The van der Waals surface area contributed by atoms with Gasteiger partial charge in [0.25, 0.3) is 0 Å². The van der Waals surface area contributed by atoms with Gasteiger partial charge < -0.3 is 10.4 Å². The molecule has 0 saturated heterocycles. The lowest BCUT2D eigenvalue weighted by atomic mass is 10.2. The van der Waals surface area contributed by atoms with Gasteiger partial charge in [0.15, 0.2) is 0 Å². The molecule has 0 aliphatic carbocycles. The summed E-state index contributed by atoms with van der Waals surface area (Å²) in [4.78, 5) is 26.7. The van der Waals surface area contributed by atoms with Gasteiger partial charge in [-0.3, -0.25) is 9.59 Å². The lowest BCUT2D eigenvalue weighted by Crippen LogP contribution is -2.39. The average Bonchev–Trinajstić information content (AvgIpc) is 2.87. The number of carboxylic acid groups (broad SMARTS) is 1. The minimum Gasteiger partial charge on any atom is -0.480 e. The van der Waals surface area contributed by atoms with E-state index in [1.54, 1.807) is 17.5 Å². The van der Waals surface area contributed by atoms with Gasteiger partial charge in [0.1, 0.15) is 11.0 Å². The second-order valence-electron chi connectivity index (χ2n) is 4.46. The predicted octanol–water partition coefficient (Wildman–Crippen LogP) is 2.60. The Morgan fingerprint density at radius 3 is 2.67 bits per heavy atom. The van der Waals surface area contributed by atoms with Gasteiger partial charge in [0.05, 0.1) is 12.1 Å². The summed E-state index contributed by atoms with van der Waals surface area (Å²) in [6.07, 6.45) is 0.0573. The van der Waals surface area contributed by atoms with Crippen LogP contribution in [0.15, 0.2) is 29.6 Å². The van der Waals surface area contributed by atoms with Crippen LogP contribution < -0.4 is 5.32 Å². The molecule has 1 aromatic carbocycles. The first-order valence-electron chi connectivity index (χ1n) is 6.18. The van der Waals surface area contributed by atoms with Crippen molar-refractivity contribution in [2.24, 2.45) is 0 Å². The fourth-order valence-electron chi connectivity index (χ4n) is 1.63. The first kappa shape index (κ1) is 15.5. The van der Waals surface area contributed by atoms with E-state index in [0.717, 1.165) is 10.6 Å².